The number of halogens is 1. The molecule has 1 saturated carbocycles. The van der Waals surface area contributed by atoms with Gasteiger partial charge in [0.05, 0.1) is 11.7 Å². The first kappa shape index (κ1) is 13.9. The molecule has 0 radical (unpaired) electrons. The Kier molecular flexibility index (Phi) is 3.78. The number of nitrogens with one attached hydrogen (secondary N) is 1. The molecule has 1 aromatic heterocycles. The predicted octanol–water partition coefficient (Wildman–Crippen LogP) is 3.57. The molecule has 1 aliphatic carbocycles. The quantitative estimate of drug-likeness (QED) is 0.911. The summed E-state index contributed by atoms with van der Waals surface area (Å²) in [6.45, 7) is 2.60. The number of nitrogens with zero attached hydrogens (tertiary/aromatic N) is 1. The second-order valence-corrected chi connectivity index (χ2v) is 5.55. The smallest absolute Gasteiger partial charge is 0.250 e. The Morgan fingerprint density at radius 3 is 2.57 bits per heavy atom. The van der Waals surface area contributed by atoms with Gasteiger partial charge in [-0.1, -0.05) is 12.1 Å². The van der Waals surface area contributed by atoms with Gasteiger partial charge in [0.25, 0.3) is 5.56 Å². The number of rotatable bonds is 5. The van der Waals surface area contributed by atoms with Gasteiger partial charge in [-0.05, 0) is 49.4 Å². The summed E-state index contributed by atoms with van der Waals surface area (Å²) >= 11 is 0. The molecule has 0 aliphatic heterocycles. The lowest BCUT2D eigenvalue weighted by Gasteiger charge is -2.20. The lowest BCUT2D eigenvalue weighted by Crippen LogP contribution is -2.19. The normalized spacial score (nSPS) is 15.7. The Labute approximate surface area is 123 Å². The summed E-state index contributed by atoms with van der Waals surface area (Å²) in [5.74, 6) is 0.366. The summed E-state index contributed by atoms with van der Waals surface area (Å²) in [6, 6.07) is 10.2. The minimum atomic E-state index is -0.215. The summed E-state index contributed by atoms with van der Waals surface area (Å²) in [5, 5.41) is 3.50. The summed E-state index contributed by atoms with van der Waals surface area (Å²) in [7, 11) is 0. The van der Waals surface area contributed by atoms with Gasteiger partial charge in [-0.2, -0.15) is 0 Å². The van der Waals surface area contributed by atoms with Crippen LogP contribution in [0.25, 0.3) is 0 Å². The summed E-state index contributed by atoms with van der Waals surface area (Å²) in [5.41, 5.74) is 2.03. The van der Waals surface area contributed by atoms with E-state index in [1.165, 1.54) is 25.0 Å². The lowest BCUT2D eigenvalue weighted by atomic mass is 10.0. The third-order valence-electron chi connectivity index (χ3n) is 3.97. The van der Waals surface area contributed by atoms with Gasteiger partial charge in [0, 0.05) is 18.8 Å². The van der Waals surface area contributed by atoms with Crippen LogP contribution in [0.15, 0.2) is 47.4 Å². The van der Waals surface area contributed by atoms with Gasteiger partial charge < -0.3 is 9.88 Å². The number of benzene rings is 1. The number of aromatic nitrogens is 1. The molecule has 4 heteroatoms. The van der Waals surface area contributed by atoms with Crippen molar-refractivity contribution < 1.29 is 4.39 Å². The molecule has 1 N–H and O–H groups in total. The molecule has 0 saturated heterocycles. The summed E-state index contributed by atoms with van der Waals surface area (Å²) < 4.78 is 14.8. The molecule has 2 aromatic rings. The second-order valence-electron chi connectivity index (χ2n) is 5.55. The highest BCUT2D eigenvalue weighted by atomic mass is 19.1. The molecule has 3 rings (SSSR count). The maximum atomic E-state index is 13.1. The van der Waals surface area contributed by atoms with Gasteiger partial charge in [-0.15, -0.1) is 0 Å². The minimum Gasteiger partial charge on any atom is -0.377 e. The molecule has 110 valence electrons. The second kappa shape index (κ2) is 5.72. The number of hydrogen-bond donors (Lipinski definition) is 1. The number of hydrogen-bond acceptors (Lipinski definition) is 2. The minimum absolute atomic E-state index is 0.00723. The molecule has 1 heterocycles. The van der Waals surface area contributed by atoms with Crippen LogP contribution in [-0.2, 0) is 6.54 Å². The number of aryl methyl sites for hydroxylation is 1. The standard InChI is InChI=1S/C17H19FN2O/c1-2-20-11-15(9-10-16(20)21)19-17(12-3-4-12)13-5-7-14(18)8-6-13/h5-12,17,19H,2-4H2,1H3. The molecule has 0 amide bonds. The molecule has 1 atom stereocenters. The van der Waals surface area contributed by atoms with Crippen LogP contribution in [0.4, 0.5) is 10.1 Å². The Morgan fingerprint density at radius 1 is 1.24 bits per heavy atom. The molecule has 1 unspecified atom stereocenters. The molecular weight excluding hydrogens is 267 g/mol. The van der Waals surface area contributed by atoms with Crippen LogP contribution in [0.2, 0.25) is 0 Å². The Hall–Kier alpha value is -2.10. The van der Waals surface area contributed by atoms with E-state index in [1.807, 2.05) is 31.3 Å². The molecule has 0 bridgehead atoms. The van der Waals surface area contributed by atoms with Crippen LogP contribution >= 0.6 is 0 Å². The number of anilines is 1. The first-order valence-electron chi connectivity index (χ1n) is 7.40. The topological polar surface area (TPSA) is 34.0 Å². The van der Waals surface area contributed by atoms with Crippen molar-refractivity contribution in [3.05, 3.63) is 64.3 Å². The molecule has 1 fully saturated rings. The van der Waals surface area contributed by atoms with Crippen LogP contribution in [0.3, 0.4) is 0 Å². The van der Waals surface area contributed by atoms with E-state index < -0.39 is 0 Å². The fraction of sp³-hybridized carbons (Fsp3) is 0.353. The Morgan fingerprint density at radius 2 is 1.95 bits per heavy atom. The largest absolute Gasteiger partial charge is 0.377 e. The molecule has 21 heavy (non-hydrogen) atoms. The van der Waals surface area contributed by atoms with Crippen LogP contribution in [0.5, 0.6) is 0 Å². The van der Waals surface area contributed by atoms with E-state index in [1.54, 1.807) is 10.6 Å². The average molecular weight is 286 g/mol. The Bertz CT molecular complexity index is 674. The number of pyridine rings is 1. The van der Waals surface area contributed by atoms with Gasteiger partial charge in [-0.25, -0.2) is 4.39 Å². The van der Waals surface area contributed by atoms with Gasteiger partial charge in [0.15, 0.2) is 0 Å². The first-order chi connectivity index (χ1) is 10.2. The zero-order valence-corrected chi connectivity index (χ0v) is 12.1. The Balaban J connectivity index is 1.85. The molecular formula is C17H19FN2O. The third-order valence-corrected chi connectivity index (χ3v) is 3.97. The van der Waals surface area contributed by atoms with Crippen LogP contribution < -0.4 is 10.9 Å². The van der Waals surface area contributed by atoms with Crippen molar-refractivity contribution in [2.75, 3.05) is 5.32 Å². The van der Waals surface area contributed by atoms with Crippen molar-refractivity contribution in [2.24, 2.45) is 5.92 Å². The van der Waals surface area contributed by atoms with E-state index in [0.29, 0.717) is 12.5 Å². The first-order valence-corrected chi connectivity index (χ1v) is 7.40. The fourth-order valence-electron chi connectivity index (χ4n) is 2.62. The zero-order valence-electron chi connectivity index (χ0n) is 12.1. The third kappa shape index (κ3) is 3.15. The van der Waals surface area contributed by atoms with Gasteiger partial charge in [0.1, 0.15) is 5.82 Å². The fourth-order valence-corrected chi connectivity index (χ4v) is 2.62. The monoisotopic (exact) mass is 286 g/mol. The van der Waals surface area contributed by atoms with Crippen molar-refractivity contribution in [3.8, 4) is 0 Å². The maximum absolute atomic E-state index is 13.1. The highest BCUT2D eigenvalue weighted by Crippen LogP contribution is 2.42. The van der Waals surface area contributed by atoms with Crippen molar-refractivity contribution in [2.45, 2.75) is 32.4 Å². The van der Waals surface area contributed by atoms with Gasteiger partial charge >= 0.3 is 0 Å². The van der Waals surface area contributed by atoms with E-state index >= 15 is 0 Å². The van der Waals surface area contributed by atoms with Gasteiger partial charge in [-0.3, -0.25) is 4.79 Å². The zero-order chi connectivity index (χ0) is 14.8. The SMILES string of the molecule is CCn1cc(NC(c2ccc(F)cc2)C2CC2)ccc1=O. The van der Waals surface area contributed by atoms with Crippen molar-refractivity contribution >= 4 is 5.69 Å². The van der Waals surface area contributed by atoms with E-state index in [0.717, 1.165) is 11.3 Å². The van der Waals surface area contributed by atoms with E-state index in [9.17, 15) is 9.18 Å². The average Bonchev–Trinajstić information content (AvgIpc) is 3.32. The highest BCUT2D eigenvalue weighted by molar-refractivity contribution is 5.44. The van der Waals surface area contributed by atoms with Crippen LogP contribution in [0, 0.1) is 11.7 Å². The maximum Gasteiger partial charge on any atom is 0.250 e. The van der Waals surface area contributed by atoms with Crippen LogP contribution in [-0.4, -0.2) is 4.57 Å². The highest BCUT2D eigenvalue weighted by Gasteiger charge is 2.32. The van der Waals surface area contributed by atoms with E-state index in [-0.39, 0.29) is 17.4 Å². The summed E-state index contributed by atoms with van der Waals surface area (Å²) in [6.07, 6.45) is 4.21. The van der Waals surface area contributed by atoms with Crippen LogP contribution in [0.1, 0.15) is 31.4 Å². The molecule has 3 nitrogen and oxygen atoms in total. The van der Waals surface area contributed by atoms with Crippen molar-refractivity contribution in [1.82, 2.24) is 4.57 Å². The molecule has 1 aromatic carbocycles. The summed E-state index contributed by atoms with van der Waals surface area (Å²) in [4.78, 5) is 11.6. The molecule has 1 aliphatic rings. The lowest BCUT2D eigenvalue weighted by molar-refractivity contribution is 0.622. The van der Waals surface area contributed by atoms with E-state index in [2.05, 4.69) is 5.32 Å². The van der Waals surface area contributed by atoms with Crippen molar-refractivity contribution in [1.29, 1.82) is 0 Å². The van der Waals surface area contributed by atoms with Gasteiger partial charge in [0.2, 0.25) is 0 Å². The predicted molar refractivity (Wildman–Crippen MR) is 81.9 cm³/mol. The van der Waals surface area contributed by atoms with Crippen molar-refractivity contribution in [3.63, 3.8) is 0 Å². The van der Waals surface area contributed by atoms with E-state index in [4.69, 9.17) is 0 Å². The molecule has 0 spiro atoms.